The number of halogens is 2. The maximum Gasteiger partial charge on any atom is 0.263 e. The molecule has 1 fully saturated rings. The predicted molar refractivity (Wildman–Crippen MR) is 103 cm³/mol. The molecule has 2 aliphatic rings. The zero-order chi connectivity index (χ0) is 20.7. The second-order valence-corrected chi connectivity index (χ2v) is 7.07. The molecule has 148 valence electrons. The van der Waals surface area contributed by atoms with E-state index in [1.165, 1.54) is 24.3 Å². The lowest BCUT2D eigenvalue weighted by Gasteiger charge is -2.20. The van der Waals surface area contributed by atoms with Gasteiger partial charge in [0, 0.05) is 5.02 Å². The molecule has 0 bridgehead atoms. The quantitative estimate of drug-likeness (QED) is 0.777. The van der Waals surface area contributed by atoms with E-state index < -0.39 is 35.6 Å². The maximum absolute atomic E-state index is 13.7. The van der Waals surface area contributed by atoms with Crippen molar-refractivity contribution in [2.24, 2.45) is 10.3 Å². The van der Waals surface area contributed by atoms with E-state index in [9.17, 15) is 18.8 Å². The van der Waals surface area contributed by atoms with Gasteiger partial charge in [0.15, 0.2) is 12.1 Å². The molecule has 0 saturated carbocycles. The summed E-state index contributed by atoms with van der Waals surface area (Å²) >= 11 is 6.11. The molecule has 2 aliphatic heterocycles. The molecule has 1 N–H and O–H groups in total. The van der Waals surface area contributed by atoms with E-state index in [1.54, 1.807) is 25.1 Å². The summed E-state index contributed by atoms with van der Waals surface area (Å²) in [4.78, 5) is 38.9. The Hall–Kier alpha value is -3.33. The Morgan fingerprint density at radius 1 is 1.21 bits per heavy atom. The van der Waals surface area contributed by atoms with Crippen LogP contribution in [0.5, 0.6) is 0 Å². The lowest BCUT2D eigenvalue weighted by Crippen LogP contribution is -2.43. The van der Waals surface area contributed by atoms with Gasteiger partial charge in [-0.05, 0) is 36.8 Å². The van der Waals surface area contributed by atoms with Crippen LogP contribution >= 0.6 is 11.6 Å². The highest BCUT2D eigenvalue weighted by atomic mass is 35.5. The first kappa shape index (κ1) is 19.0. The van der Waals surface area contributed by atoms with Crippen molar-refractivity contribution in [1.29, 1.82) is 0 Å². The molecule has 29 heavy (non-hydrogen) atoms. The van der Waals surface area contributed by atoms with E-state index in [0.717, 1.165) is 15.5 Å². The normalized spacial score (nSPS) is 20.4. The fourth-order valence-electron chi connectivity index (χ4n) is 3.23. The lowest BCUT2D eigenvalue weighted by atomic mass is 10.1. The minimum Gasteiger partial charge on any atom is -0.322 e. The minimum atomic E-state index is -1.04. The first-order chi connectivity index (χ1) is 13.9. The maximum atomic E-state index is 13.7. The molecule has 2 aromatic rings. The molecule has 2 atom stereocenters. The number of hydrogen-bond donors (Lipinski definition) is 1. The van der Waals surface area contributed by atoms with Gasteiger partial charge >= 0.3 is 0 Å². The molecule has 0 aromatic heterocycles. The Bertz CT molecular complexity index is 1060. The van der Waals surface area contributed by atoms with Crippen LogP contribution in [0, 0.1) is 12.7 Å². The summed E-state index contributed by atoms with van der Waals surface area (Å²) in [5.41, 5.74) is 1.15. The van der Waals surface area contributed by atoms with Crippen molar-refractivity contribution in [3.63, 3.8) is 0 Å². The molecule has 2 heterocycles. The van der Waals surface area contributed by atoms with E-state index >= 15 is 0 Å². The Kier molecular flexibility index (Phi) is 4.75. The molecule has 10 heteroatoms. The molecular weight excluding hydrogens is 401 g/mol. The van der Waals surface area contributed by atoms with Crippen molar-refractivity contribution < 1.29 is 18.8 Å². The van der Waals surface area contributed by atoms with Gasteiger partial charge in [-0.15, -0.1) is 0 Å². The number of nitrogens with zero attached hydrogens (tertiary/aromatic N) is 4. The number of carbonyl (C=O) groups is 3. The van der Waals surface area contributed by atoms with Crippen LogP contribution < -0.4 is 10.2 Å². The Morgan fingerprint density at radius 3 is 2.69 bits per heavy atom. The fraction of sp³-hybridized carbons (Fsp3) is 0.211. The van der Waals surface area contributed by atoms with Crippen molar-refractivity contribution >= 4 is 40.7 Å². The van der Waals surface area contributed by atoms with E-state index in [-0.39, 0.29) is 12.2 Å². The van der Waals surface area contributed by atoms with Crippen molar-refractivity contribution in [2.45, 2.75) is 19.0 Å². The first-order valence-electron chi connectivity index (χ1n) is 8.72. The van der Waals surface area contributed by atoms with Crippen LogP contribution in [0.4, 0.5) is 15.8 Å². The lowest BCUT2D eigenvalue weighted by molar-refractivity contribution is -0.123. The predicted octanol–water partition coefficient (Wildman–Crippen LogP) is 2.72. The largest absolute Gasteiger partial charge is 0.322 e. The zero-order valence-electron chi connectivity index (χ0n) is 15.2. The topological polar surface area (TPSA) is 94.4 Å². The number of rotatable bonds is 4. The average Bonchev–Trinajstić information content (AvgIpc) is 3.20. The van der Waals surface area contributed by atoms with E-state index in [1.807, 2.05) is 0 Å². The number of nitrogens with one attached hydrogen (secondary N) is 1. The van der Waals surface area contributed by atoms with E-state index in [4.69, 9.17) is 11.6 Å². The third-order valence-corrected chi connectivity index (χ3v) is 5.13. The SMILES string of the molecule is Cc1ccc(N2C(=O)[C@H]3N=NN(CC(=O)Nc4ccccc4F)[C@@H]3C2=O)cc1Cl. The summed E-state index contributed by atoms with van der Waals surface area (Å²) in [5.74, 6) is -2.27. The van der Waals surface area contributed by atoms with Gasteiger partial charge in [0.1, 0.15) is 12.4 Å². The second-order valence-electron chi connectivity index (χ2n) is 6.67. The van der Waals surface area contributed by atoms with E-state index in [2.05, 4.69) is 15.7 Å². The van der Waals surface area contributed by atoms with E-state index in [0.29, 0.717) is 10.7 Å². The molecule has 0 unspecified atom stereocenters. The van der Waals surface area contributed by atoms with Crippen molar-refractivity contribution in [3.05, 3.63) is 58.9 Å². The van der Waals surface area contributed by atoms with Crippen LogP contribution in [0.1, 0.15) is 5.56 Å². The standard InChI is InChI=1S/C19H15ClFN5O3/c1-10-6-7-11(8-12(10)20)26-18(28)16-17(19(26)29)25(24-23-16)9-15(27)22-14-5-3-2-4-13(14)21/h2-8,16-17H,9H2,1H3,(H,22,27)/t16-,17-/m0/s1. The molecule has 3 amide bonds. The van der Waals surface area contributed by atoms with Crippen LogP contribution in [0.2, 0.25) is 5.02 Å². The van der Waals surface area contributed by atoms with Gasteiger partial charge in [0.05, 0.1) is 11.4 Å². The molecule has 0 radical (unpaired) electrons. The number of fused-ring (bicyclic) bond motifs is 1. The van der Waals surface area contributed by atoms with Gasteiger partial charge in [-0.1, -0.05) is 35.0 Å². The number of anilines is 2. The Balaban J connectivity index is 1.51. The van der Waals surface area contributed by atoms with Gasteiger partial charge in [-0.25, -0.2) is 9.29 Å². The number of aryl methyl sites for hydroxylation is 1. The summed E-state index contributed by atoms with van der Waals surface area (Å²) in [6.07, 6.45) is 0. The fourth-order valence-corrected chi connectivity index (χ4v) is 3.40. The van der Waals surface area contributed by atoms with Crippen LogP contribution in [0.15, 0.2) is 52.8 Å². The van der Waals surface area contributed by atoms with Crippen LogP contribution in [0.3, 0.4) is 0 Å². The molecule has 1 saturated heterocycles. The second kappa shape index (κ2) is 7.25. The Labute approximate surface area is 169 Å². The molecule has 2 aromatic carbocycles. The summed E-state index contributed by atoms with van der Waals surface area (Å²) in [5, 5.41) is 11.6. The third-order valence-electron chi connectivity index (χ3n) is 4.73. The van der Waals surface area contributed by atoms with Gasteiger partial charge in [0.25, 0.3) is 11.8 Å². The Morgan fingerprint density at radius 2 is 1.97 bits per heavy atom. The zero-order valence-corrected chi connectivity index (χ0v) is 15.9. The molecule has 4 rings (SSSR count). The first-order valence-corrected chi connectivity index (χ1v) is 9.10. The summed E-state index contributed by atoms with van der Waals surface area (Å²) < 4.78 is 13.7. The smallest absolute Gasteiger partial charge is 0.263 e. The van der Waals surface area contributed by atoms with Crippen LogP contribution in [0.25, 0.3) is 0 Å². The summed E-state index contributed by atoms with van der Waals surface area (Å²) in [6.45, 7) is 1.44. The van der Waals surface area contributed by atoms with Gasteiger partial charge < -0.3 is 5.32 Å². The summed E-state index contributed by atoms with van der Waals surface area (Å²) in [7, 11) is 0. The van der Waals surface area contributed by atoms with Gasteiger partial charge in [-0.3, -0.25) is 19.4 Å². The van der Waals surface area contributed by atoms with Crippen molar-refractivity contribution in [3.8, 4) is 0 Å². The molecular formula is C19H15ClFN5O3. The van der Waals surface area contributed by atoms with Crippen LogP contribution in [-0.2, 0) is 14.4 Å². The number of imide groups is 1. The average molecular weight is 416 g/mol. The highest BCUT2D eigenvalue weighted by Gasteiger charge is 2.55. The molecule has 8 nitrogen and oxygen atoms in total. The number of para-hydroxylation sites is 1. The van der Waals surface area contributed by atoms with Crippen molar-refractivity contribution in [1.82, 2.24) is 5.01 Å². The van der Waals surface area contributed by atoms with Crippen LogP contribution in [-0.4, -0.2) is 41.4 Å². The number of benzene rings is 2. The molecule has 0 aliphatic carbocycles. The highest BCUT2D eigenvalue weighted by Crippen LogP contribution is 2.33. The monoisotopic (exact) mass is 415 g/mol. The number of hydrogen-bond acceptors (Lipinski definition) is 6. The number of amides is 3. The minimum absolute atomic E-state index is 0.00920. The molecule has 0 spiro atoms. The third kappa shape index (κ3) is 3.33. The van der Waals surface area contributed by atoms with Gasteiger partial charge in [-0.2, -0.15) is 5.11 Å². The van der Waals surface area contributed by atoms with Gasteiger partial charge in [0.2, 0.25) is 5.91 Å². The summed E-state index contributed by atoms with van der Waals surface area (Å²) in [6, 6.07) is 8.47. The highest BCUT2D eigenvalue weighted by molar-refractivity contribution is 6.32. The number of carbonyl (C=O) groups excluding carboxylic acids is 3. The van der Waals surface area contributed by atoms with Crippen molar-refractivity contribution in [2.75, 3.05) is 16.8 Å².